The zero-order valence-corrected chi connectivity index (χ0v) is 13.8. The van der Waals surface area contributed by atoms with Crippen molar-refractivity contribution in [1.29, 1.82) is 0 Å². The van der Waals surface area contributed by atoms with Gasteiger partial charge in [0.25, 0.3) is 0 Å². The van der Waals surface area contributed by atoms with Crippen molar-refractivity contribution in [1.82, 2.24) is 9.97 Å². The first-order valence-electron chi connectivity index (χ1n) is 7.44. The third-order valence-corrected chi connectivity index (χ3v) is 4.13. The molecule has 0 spiro atoms. The first-order chi connectivity index (χ1) is 11.1. The molecule has 0 fully saturated rings. The molecule has 0 saturated heterocycles. The number of anilines is 3. The summed E-state index contributed by atoms with van der Waals surface area (Å²) in [6.07, 6.45) is 4.11. The molecule has 1 aliphatic rings. The van der Waals surface area contributed by atoms with Gasteiger partial charge in [-0.3, -0.25) is 9.88 Å². The van der Waals surface area contributed by atoms with Crippen molar-refractivity contribution in [3.63, 3.8) is 0 Å². The number of urea groups is 1. The molecule has 1 aliphatic heterocycles. The lowest BCUT2D eigenvalue weighted by molar-refractivity contribution is 0.255. The predicted octanol–water partition coefficient (Wildman–Crippen LogP) is 3.40. The Hall–Kier alpha value is -2.34. The normalized spacial score (nSPS) is 17.4. The maximum Gasteiger partial charge on any atom is 0.327 e. The van der Waals surface area contributed by atoms with Gasteiger partial charge >= 0.3 is 6.03 Å². The number of hydrogen-bond acceptors (Lipinski definition) is 4. The van der Waals surface area contributed by atoms with Gasteiger partial charge in [-0.05, 0) is 37.6 Å². The molecular weight excluding hydrogens is 314 g/mol. The number of fused-ring (bicyclic) bond motifs is 1. The quantitative estimate of drug-likeness (QED) is 0.814. The third-order valence-electron chi connectivity index (χ3n) is 3.91. The van der Waals surface area contributed by atoms with Crippen LogP contribution in [0.2, 0.25) is 5.15 Å². The van der Waals surface area contributed by atoms with Crippen molar-refractivity contribution in [3.05, 3.63) is 41.8 Å². The van der Waals surface area contributed by atoms with Gasteiger partial charge in [-0.15, -0.1) is 0 Å². The fourth-order valence-corrected chi connectivity index (χ4v) is 2.79. The fraction of sp³-hybridized carbons (Fsp3) is 0.312. The van der Waals surface area contributed by atoms with Crippen molar-refractivity contribution < 1.29 is 4.79 Å². The largest absolute Gasteiger partial charge is 0.372 e. The standard InChI is InChI=1S/C16H18ClN5O/c1-11-7-9-21(2)13-5-6-14(17)20-15(13)22(11)16(23)19-12-4-3-8-18-10-12/h3-6,8,10-11H,7,9H2,1-2H3,(H,19,23)/t11-/m1/s1. The highest BCUT2D eigenvalue weighted by Gasteiger charge is 2.30. The molecule has 120 valence electrons. The van der Waals surface area contributed by atoms with E-state index in [4.69, 9.17) is 11.6 Å². The van der Waals surface area contributed by atoms with Gasteiger partial charge in [-0.25, -0.2) is 9.78 Å². The van der Waals surface area contributed by atoms with Crippen LogP contribution >= 0.6 is 11.6 Å². The smallest absolute Gasteiger partial charge is 0.327 e. The van der Waals surface area contributed by atoms with E-state index in [0.717, 1.165) is 18.7 Å². The van der Waals surface area contributed by atoms with Crippen LogP contribution in [0.3, 0.4) is 0 Å². The van der Waals surface area contributed by atoms with Gasteiger partial charge in [-0.1, -0.05) is 11.6 Å². The van der Waals surface area contributed by atoms with Crippen LogP contribution in [0.4, 0.5) is 22.0 Å². The Morgan fingerprint density at radius 2 is 2.22 bits per heavy atom. The van der Waals surface area contributed by atoms with Gasteiger partial charge in [0, 0.05) is 25.8 Å². The zero-order valence-electron chi connectivity index (χ0n) is 13.0. The summed E-state index contributed by atoms with van der Waals surface area (Å²) in [5.41, 5.74) is 1.53. The second-order valence-electron chi connectivity index (χ2n) is 5.58. The molecule has 2 amide bonds. The van der Waals surface area contributed by atoms with E-state index in [1.807, 2.05) is 20.0 Å². The zero-order chi connectivity index (χ0) is 16.4. The number of halogens is 1. The Kier molecular flexibility index (Phi) is 4.34. The summed E-state index contributed by atoms with van der Waals surface area (Å²) in [4.78, 5) is 25.0. The predicted molar refractivity (Wildman–Crippen MR) is 92.3 cm³/mol. The van der Waals surface area contributed by atoms with Gasteiger partial charge < -0.3 is 10.2 Å². The number of hydrogen-bond donors (Lipinski definition) is 1. The topological polar surface area (TPSA) is 61.4 Å². The highest BCUT2D eigenvalue weighted by Crippen LogP contribution is 2.33. The lowest BCUT2D eigenvalue weighted by Crippen LogP contribution is -2.42. The maximum absolute atomic E-state index is 12.8. The van der Waals surface area contributed by atoms with Crippen LogP contribution in [0.1, 0.15) is 13.3 Å². The average molecular weight is 332 g/mol. The summed E-state index contributed by atoms with van der Waals surface area (Å²) in [7, 11) is 1.99. The molecule has 2 aromatic heterocycles. The van der Waals surface area contributed by atoms with Crippen LogP contribution in [0.5, 0.6) is 0 Å². The molecule has 0 aromatic carbocycles. The van der Waals surface area contributed by atoms with E-state index in [2.05, 4.69) is 20.2 Å². The van der Waals surface area contributed by atoms with Crippen molar-refractivity contribution in [2.45, 2.75) is 19.4 Å². The monoisotopic (exact) mass is 331 g/mol. The van der Waals surface area contributed by atoms with Gasteiger partial charge in [-0.2, -0.15) is 0 Å². The number of carbonyl (C=O) groups excluding carboxylic acids is 1. The van der Waals surface area contributed by atoms with E-state index >= 15 is 0 Å². The van der Waals surface area contributed by atoms with Crippen LogP contribution in [-0.4, -0.2) is 35.6 Å². The number of amides is 2. The molecule has 0 radical (unpaired) electrons. The van der Waals surface area contributed by atoms with E-state index in [1.165, 1.54) is 0 Å². The van der Waals surface area contributed by atoms with Crippen LogP contribution in [0.25, 0.3) is 0 Å². The Morgan fingerprint density at radius 1 is 1.39 bits per heavy atom. The van der Waals surface area contributed by atoms with Gasteiger partial charge in [0.1, 0.15) is 5.15 Å². The molecule has 3 heterocycles. The van der Waals surface area contributed by atoms with Crippen LogP contribution in [0, 0.1) is 0 Å². The molecule has 1 N–H and O–H groups in total. The van der Waals surface area contributed by atoms with Crippen LogP contribution < -0.4 is 15.1 Å². The fourth-order valence-electron chi connectivity index (χ4n) is 2.65. The van der Waals surface area contributed by atoms with Crippen molar-refractivity contribution in [2.24, 2.45) is 0 Å². The van der Waals surface area contributed by atoms with Gasteiger partial charge in [0.15, 0.2) is 5.82 Å². The Morgan fingerprint density at radius 3 is 2.96 bits per heavy atom. The summed E-state index contributed by atoms with van der Waals surface area (Å²) in [5.74, 6) is 0.575. The molecule has 1 atom stereocenters. The average Bonchev–Trinajstić information content (AvgIpc) is 2.65. The van der Waals surface area contributed by atoms with E-state index in [1.54, 1.807) is 35.5 Å². The number of carbonyl (C=O) groups is 1. The molecule has 23 heavy (non-hydrogen) atoms. The minimum atomic E-state index is -0.239. The van der Waals surface area contributed by atoms with Gasteiger partial charge in [0.2, 0.25) is 0 Å². The molecular formula is C16H18ClN5O. The van der Waals surface area contributed by atoms with Crippen LogP contribution in [0.15, 0.2) is 36.7 Å². The first-order valence-corrected chi connectivity index (χ1v) is 7.82. The number of pyridine rings is 2. The molecule has 3 rings (SSSR count). The summed E-state index contributed by atoms with van der Waals surface area (Å²) in [6, 6.07) is 6.97. The molecule has 0 unspecified atom stereocenters. The molecule has 0 bridgehead atoms. The summed E-state index contributed by atoms with van der Waals surface area (Å²) >= 11 is 6.06. The number of nitrogens with one attached hydrogen (secondary N) is 1. The lowest BCUT2D eigenvalue weighted by atomic mass is 10.2. The molecule has 2 aromatic rings. The molecule has 0 saturated carbocycles. The Balaban J connectivity index is 1.97. The minimum absolute atomic E-state index is 0.00124. The molecule has 6 nitrogen and oxygen atoms in total. The SMILES string of the molecule is C[C@@H]1CCN(C)c2ccc(Cl)nc2N1C(=O)Nc1cccnc1. The summed E-state index contributed by atoms with van der Waals surface area (Å²) in [6.45, 7) is 2.85. The third kappa shape index (κ3) is 3.22. The maximum atomic E-state index is 12.8. The first kappa shape index (κ1) is 15.6. The second kappa shape index (κ2) is 6.42. The van der Waals surface area contributed by atoms with Crippen LogP contribution in [-0.2, 0) is 0 Å². The number of aromatic nitrogens is 2. The summed E-state index contributed by atoms with van der Waals surface area (Å²) < 4.78 is 0. The van der Waals surface area contributed by atoms with Crippen molar-refractivity contribution in [3.8, 4) is 0 Å². The lowest BCUT2D eigenvalue weighted by Gasteiger charge is -2.27. The second-order valence-corrected chi connectivity index (χ2v) is 5.97. The Labute approximate surface area is 140 Å². The van der Waals surface area contributed by atoms with E-state index in [-0.39, 0.29) is 12.1 Å². The summed E-state index contributed by atoms with van der Waals surface area (Å²) in [5, 5.41) is 3.23. The van der Waals surface area contributed by atoms with E-state index in [9.17, 15) is 4.79 Å². The Bertz CT molecular complexity index is 709. The van der Waals surface area contributed by atoms with Crippen molar-refractivity contribution in [2.75, 3.05) is 28.7 Å². The van der Waals surface area contributed by atoms with E-state index in [0.29, 0.717) is 16.7 Å². The number of nitrogens with zero attached hydrogens (tertiary/aromatic N) is 4. The van der Waals surface area contributed by atoms with Gasteiger partial charge in [0.05, 0.1) is 17.6 Å². The highest BCUT2D eigenvalue weighted by molar-refractivity contribution is 6.29. The molecule has 0 aliphatic carbocycles. The molecule has 7 heteroatoms. The van der Waals surface area contributed by atoms with E-state index < -0.39 is 0 Å². The van der Waals surface area contributed by atoms with Crippen molar-refractivity contribution >= 4 is 34.8 Å². The highest BCUT2D eigenvalue weighted by atomic mass is 35.5. The minimum Gasteiger partial charge on any atom is -0.372 e. The number of rotatable bonds is 1.